The lowest BCUT2D eigenvalue weighted by Gasteiger charge is -2.25. The monoisotopic (exact) mass is 245 g/mol. The van der Waals surface area contributed by atoms with Crippen molar-refractivity contribution >= 4 is 0 Å². The van der Waals surface area contributed by atoms with Crippen molar-refractivity contribution in [3.63, 3.8) is 0 Å². The molecule has 0 fully saturated rings. The van der Waals surface area contributed by atoms with Crippen molar-refractivity contribution in [2.24, 2.45) is 5.92 Å². The van der Waals surface area contributed by atoms with E-state index in [0.29, 0.717) is 0 Å². The topological polar surface area (TPSA) is 12.0 Å². The van der Waals surface area contributed by atoms with E-state index in [1.807, 2.05) is 0 Å². The number of aryl methyl sites for hydroxylation is 1. The summed E-state index contributed by atoms with van der Waals surface area (Å²) in [5.41, 5.74) is 3.23. The molecule has 1 aromatic rings. The molecule has 1 N–H and O–H groups in total. The maximum absolute atomic E-state index is 3.55. The van der Waals surface area contributed by atoms with Crippen LogP contribution >= 0.6 is 0 Å². The zero-order valence-corrected chi connectivity index (χ0v) is 11.9. The van der Waals surface area contributed by atoms with Crippen LogP contribution in [0.5, 0.6) is 0 Å². The molecule has 100 valence electrons. The van der Waals surface area contributed by atoms with E-state index in [-0.39, 0.29) is 0 Å². The molecule has 0 heterocycles. The number of nitrogens with one attached hydrogen (secondary N) is 1. The van der Waals surface area contributed by atoms with Gasteiger partial charge in [0.1, 0.15) is 0 Å². The predicted molar refractivity (Wildman–Crippen MR) is 79.1 cm³/mol. The third kappa shape index (κ3) is 3.84. The van der Waals surface area contributed by atoms with Gasteiger partial charge in [0.05, 0.1) is 0 Å². The SMILES string of the molecule is CC(C)CNCCCC1CCCc2ccccc21. The molecule has 0 spiro atoms. The van der Waals surface area contributed by atoms with Gasteiger partial charge in [0.15, 0.2) is 0 Å². The smallest absolute Gasteiger partial charge is 0.00258 e. The minimum atomic E-state index is 0.764. The van der Waals surface area contributed by atoms with Gasteiger partial charge in [-0.1, -0.05) is 38.1 Å². The molecule has 1 nitrogen and oxygen atoms in total. The fourth-order valence-electron chi connectivity index (χ4n) is 3.02. The molecule has 1 aliphatic rings. The maximum Gasteiger partial charge on any atom is -0.00258 e. The van der Waals surface area contributed by atoms with E-state index < -0.39 is 0 Å². The molecule has 1 heteroatoms. The predicted octanol–water partition coefficient (Wildman–Crippen LogP) is 4.13. The van der Waals surface area contributed by atoms with Crippen LogP contribution in [0.25, 0.3) is 0 Å². The number of benzene rings is 1. The van der Waals surface area contributed by atoms with Crippen LogP contribution in [0.4, 0.5) is 0 Å². The summed E-state index contributed by atoms with van der Waals surface area (Å²) in [6, 6.07) is 9.05. The van der Waals surface area contributed by atoms with E-state index in [0.717, 1.165) is 18.4 Å². The standard InChI is InChI=1S/C17H27N/c1-14(2)13-18-12-6-10-16-9-5-8-15-7-3-4-11-17(15)16/h3-4,7,11,14,16,18H,5-6,8-10,12-13H2,1-2H3. The van der Waals surface area contributed by atoms with Crippen molar-refractivity contribution in [1.82, 2.24) is 5.32 Å². The molecule has 1 atom stereocenters. The molecule has 0 aliphatic heterocycles. The molecule has 1 unspecified atom stereocenters. The van der Waals surface area contributed by atoms with Crippen molar-refractivity contribution in [3.05, 3.63) is 35.4 Å². The fraction of sp³-hybridized carbons (Fsp3) is 0.647. The summed E-state index contributed by atoms with van der Waals surface area (Å²) in [5, 5.41) is 3.55. The van der Waals surface area contributed by atoms with Crippen LogP contribution in [-0.2, 0) is 6.42 Å². The largest absolute Gasteiger partial charge is 0.316 e. The summed E-state index contributed by atoms with van der Waals surface area (Å²) < 4.78 is 0. The van der Waals surface area contributed by atoms with Crippen LogP contribution in [0, 0.1) is 5.92 Å². The molecule has 0 aromatic heterocycles. The van der Waals surface area contributed by atoms with Crippen LogP contribution in [-0.4, -0.2) is 13.1 Å². The van der Waals surface area contributed by atoms with Crippen molar-refractivity contribution in [2.75, 3.05) is 13.1 Å². The second-order valence-corrected chi connectivity index (χ2v) is 6.03. The molecule has 0 radical (unpaired) electrons. The Balaban J connectivity index is 1.77. The highest BCUT2D eigenvalue weighted by Crippen LogP contribution is 2.34. The van der Waals surface area contributed by atoms with Gasteiger partial charge in [0, 0.05) is 0 Å². The first-order valence-electron chi connectivity index (χ1n) is 7.56. The van der Waals surface area contributed by atoms with Gasteiger partial charge in [-0.3, -0.25) is 0 Å². The molecular weight excluding hydrogens is 218 g/mol. The van der Waals surface area contributed by atoms with Crippen LogP contribution < -0.4 is 5.32 Å². The summed E-state index contributed by atoms with van der Waals surface area (Å²) in [5.74, 6) is 1.58. The minimum absolute atomic E-state index is 0.764. The molecule has 0 saturated carbocycles. The van der Waals surface area contributed by atoms with Gasteiger partial charge in [-0.05, 0) is 68.2 Å². The van der Waals surface area contributed by atoms with E-state index in [4.69, 9.17) is 0 Å². The van der Waals surface area contributed by atoms with Crippen LogP contribution in [0.1, 0.15) is 56.6 Å². The van der Waals surface area contributed by atoms with Gasteiger partial charge >= 0.3 is 0 Å². The number of rotatable bonds is 6. The Hall–Kier alpha value is -0.820. The molecule has 1 aliphatic carbocycles. The van der Waals surface area contributed by atoms with Crippen molar-refractivity contribution in [3.8, 4) is 0 Å². The van der Waals surface area contributed by atoms with Gasteiger partial charge < -0.3 is 5.32 Å². The lowest BCUT2D eigenvalue weighted by Crippen LogP contribution is -2.21. The van der Waals surface area contributed by atoms with Crippen LogP contribution in [0.3, 0.4) is 0 Å². The average molecular weight is 245 g/mol. The van der Waals surface area contributed by atoms with E-state index in [9.17, 15) is 0 Å². The summed E-state index contributed by atoms with van der Waals surface area (Å²) in [7, 11) is 0. The zero-order chi connectivity index (χ0) is 12.8. The first kappa shape index (κ1) is 13.6. The number of hydrogen-bond acceptors (Lipinski definition) is 1. The zero-order valence-electron chi connectivity index (χ0n) is 11.9. The summed E-state index contributed by atoms with van der Waals surface area (Å²) in [6.45, 7) is 6.87. The van der Waals surface area contributed by atoms with Gasteiger partial charge in [-0.15, -0.1) is 0 Å². The second-order valence-electron chi connectivity index (χ2n) is 6.03. The van der Waals surface area contributed by atoms with Gasteiger partial charge in [0.2, 0.25) is 0 Å². The molecule has 0 amide bonds. The van der Waals surface area contributed by atoms with Crippen molar-refractivity contribution < 1.29 is 0 Å². The minimum Gasteiger partial charge on any atom is -0.316 e. The van der Waals surface area contributed by atoms with Gasteiger partial charge in [-0.2, -0.15) is 0 Å². The highest BCUT2D eigenvalue weighted by atomic mass is 14.8. The highest BCUT2D eigenvalue weighted by Gasteiger charge is 2.18. The Bertz CT molecular complexity index is 356. The van der Waals surface area contributed by atoms with E-state index in [2.05, 4.69) is 43.4 Å². The third-order valence-corrected chi connectivity index (χ3v) is 3.95. The quantitative estimate of drug-likeness (QED) is 0.743. The Morgan fingerprint density at radius 3 is 2.94 bits per heavy atom. The van der Waals surface area contributed by atoms with E-state index in [1.165, 1.54) is 38.6 Å². The molecule has 1 aromatic carbocycles. The Morgan fingerprint density at radius 1 is 1.28 bits per heavy atom. The Morgan fingerprint density at radius 2 is 2.11 bits per heavy atom. The molecule has 0 saturated heterocycles. The number of fused-ring (bicyclic) bond motifs is 1. The summed E-state index contributed by atoms with van der Waals surface area (Å²) in [4.78, 5) is 0. The van der Waals surface area contributed by atoms with Crippen molar-refractivity contribution in [1.29, 1.82) is 0 Å². The van der Waals surface area contributed by atoms with Gasteiger partial charge in [-0.25, -0.2) is 0 Å². The molecule has 0 bridgehead atoms. The lowest BCUT2D eigenvalue weighted by molar-refractivity contribution is 0.478. The summed E-state index contributed by atoms with van der Waals surface area (Å²) >= 11 is 0. The average Bonchev–Trinajstić information content (AvgIpc) is 2.38. The first-order chi connectivity index (χ1) is 8.77. The number of hydrogen-bond donors (Lipinski definition) is 1. The van der Waals surface area contributed by atoms with Crippen LogP contribution in [0.2, 0.25) is 0 Å². The van der Waals surface area contributed by atoms with E-state index >= 15 is 0 Å². The fourth-order valence-corrected chi connectivity index (χ4v) is 3.02. The molecule has 18 heavy (non-hydrogen) atoms. The Labute approximate surface area is 112 Å². The highest BCUT2D eigenvalue weighted by molar-refractivity contribution is 5.32. The lowest BCUT2D eigenvalue weighted by atomic mass is 9.80. The molecular formula is C17H27N. The van der Waals surface area contributed by atoms with Crippen molar-refractivity contribution in [2.45, 2.75) is 51.9 Å². The van der Waals surface area contributed by atoms with Gasteiger partial charge in [0.25, 0.3) is 0 Å². The second kappa shape index (κ2) is 6.94. The third-order valence-electron chi connectivity index (χ3n) is 3.95. The maximum atomic E-state index is 3.55. The van der Waals surface area contributed by atoms with Crippen LogP contribution in [0.15, 0.2) is 24.3 Å². The Kier molecular flexibility index (Phi) is 5.25. The first-order valence-corrected chi connectivity index (χ1v) is 7.56. The summed E-state index contributed by atoms with van der Waals surface area (Å²) in [6.07, 6.45) is 6.72. The normalized spacial score (nSPS) is 18.9. The molecule has 2 rings (SSSR count). The van der Waals surface area contributed by atoms with E-state index in [1.54, 1.807) is 11.1 Å².